The zero-order valence-corrected chi connectivity index (χ0v) is 32.9. The third-order valence-electron chi connectivity index (χ3n) is 11.7. The van der Waals surface area contributed by atoms with Crippen molar-refractivity contribution < 1.29 is 0 Å². The minimum atomic E-state index is -0.147. The Morgan fingerprint density at radius 1 is 0.448 bits per heavy atom. The monoisotopic (exact) mass is 746 g/mol. The fraction of sp³-hybridized carbons (Fsp3) is 0.111. The van der Waals surface area contributed by atoms with Gasteiger partial charge in [-0.05, 0) is 65.3 Å². The fourth-order valence-electron chi connectivity index (χ4n) is 8.70. The second-order valence-electron chi connectivity index (χ2n) is 15.7. The molecule has 58 heavy (non-hydrogen) atoms. The number of benzene rings is 6. The van der Waals surface area contributed by atoms with E-state index in [4.69, 9.17) is 19.9 Å². The second-order valence-corrected chi connectivity index (χ2v) is 15.7. The number of allylic oxidation sites excluding steroid dienone is 4. The molecule has 278 valence electrons. The van der Waals surface area contributed by atoms with Crippen molar-refractivity contribution in [3.05, 3.63) is 198 Å². The zero-order valence-electron chi connectivity index (χ0n) is 32.9. The SMILES string of the molecule is Cc1ccccc1-c1cc(-c2ccccc2)nc(-c2cccc(-c3nc(-c4cccc5c4-c4ccccc4C5(C)C)c(C4=CCCC=C4)nc3-c3ccccc3)c2)n1. The first-order valence-corrected chi connectivity index (χ1v) is 20.1. The summed E-state index contributed by atoms with van der Waals surface area (Å²) in [6, 6.07) is 55.3. The van der Waals surface area contributed by atoms with E-state index in [0.29, 0.717) is 5.82 Å². The molecule has 2 aromatic heterocycles. The number of hydrogen-bond acceptors (Lipinski definition) is 4. The molecule has 0 fully saturated rings. The lowest BCUT2D eigenvalue weighted by molar-refractivity contribution is 0.660. The highest BCUT2D eigenvalue weighted by Crippen LogP contribution is 2.52. The van der Waals surface area contributed by atoms with Crippen molar-refractivity contribution in [2.75, 3.05) is 0 Å². The van der Waals surface area contributed by atoms with E-state index in [-0.39, 0.29) is 5.41 Å². The Kier molecular flexibility index (Phi) is 8.83. The van der Waals surface area contributed by atoms with Crippen LogP contribution in [0.4, 0.5) is 0 Å². The summed E-state index contributed by atoms with van der Waals surface area (Å²) in [4.78, 5) is 21.8. The summed E-state index contributed by atoms with van der Waals surface area (Å²) >= 11 is 0. The van der Waals surface area contributed by atoms with Crippen molar-refractivity contribution in [3.8, 4) is 78.8 Å². The molecule has 2 aliphatic rings. The number of rotatable bonds is 7. The molecule has 0 aliphatic heterocycles. The standard InChI is InChI=1S/C54H42N4/c1-35-19-13-14-28-41(35)47-34-46(36-20-7-4-8-21-36)55-53(56-47)40-27-17-26-39(33-40)51-49(37-22-9-5-10-23-37)57-50(38-24-11-6-12-25-38)52(58-51)43-30-18-32-45-48(43)42-29-15-16-31-44(42)54(45,2)3/h4-5,7-11,13-34H,6,12H2,1-3H3. The van der Waals surface area contributed by atoms with Crippen LogP contribution < -0.4 is 0 Å². The highest BCUT2D eigenvalue weighted by atomic mass is 14.9. The normalized spacial score (nSPS) is 13.8. The van der Waals surface area contributed by atoms with Gasteiger partial charge in [0.05, 0.1) is 34.2 Å². The van der Waals surface area contributed by atoms with E-state index in [1.165, 1.54) is 22.3 Å². The Balaban J connectivity index is 1.22. The Labute approximate surface area is 340 Å². The van der Waals surface area contributed by atoms with Crippen molar-refractivity contribution in [2.45, 2.75) is 39.0 Å². The van der Waals surface area contributed by atoms with Crippen molar-refractivity contribution in [1.29, 1.82) is 0 Å². The maximum atomic E-state index is 5.76. The first-order valence-electron chi connectivity index (χ1n) is 20.1. The van der Waals surface area contributed by atoms with Crippen LogP contribution in [0.2, 0.25) is 0 Å². The van der Waals surface area contributed by atoms with Crippen LogP contribution in [0, 0.1) is 6.92 Å². The molecule has 2 aliphatic carbocycles. The number of nitrogens with zero attached hydrogens (tertiary/aromatic N) is 4. The maximum absolute atomic E-state index is 5.76. The van der Waals surface area contributed by atoms with E-state index >= 15 is 0 Å². The van der Waals surface area contributed by atoms with Gasteiger partial charge in [-0.3, -0.25) is 0 Å². The number of aromatic nitrogens is 4. The predicted molar refractivity (Wildman–Crippen MR) is 239 cm³/mol. The third-order valence-corrected chi connectivity index (χ3v) is 11.7. The molecule has 0 atom stereocenters. The lowest BCUT2D eigenvalue weighted by Gasteiger charge is -2.22. The summed E-state index contributed by atoms with van der Waals surface area (Å²) in [5.74, 6) is 0.657. The highest BCUT2D eigenvalue weighted by molar-refractivity contribution is 5.96. The maximum Gasteiger partial charge on any atom is 0.160 e. The van der Waals surface area contributed by atoms with Gasteiger partial charge < -0.3 is 0 Å². The molecule has 8 aromatic rings. The Morgan fingerprint density at radius 2 is 1.05 bits per heavy atom. The lowest BCUT2D eigenvalue weighted by atomic mass is 9.82. The molecule has 0 bridgehead atoms. The summed E-state index contributed by atoms with van der Waals surface area (Å²) in [5.41, 5.74) is 18.5. The van der Waals surface area contributed by atoms with Gasteiger partial charge >= 0.3 is 0 Å². The summed E-state index contributed by atoms with van der Waals surface area (Å²) in [7, 11) is 0. The van der Waals surface area contributed by atoms with Crippen LogP contribution in [0.5, 0.6) is 0 Å². The van der Waals surface area contributed by atoms with Crippen LogP contribution in [-0.2, 0) is 5.41 Å². The predicted octanol–water partition coefficient (Wildman–Crippen LogP) is 13.6. The average molecular weight is 747 g/mol. The average Bonchev–Trinajstić information content (AvgIpc) is 3.53. The van der Waals surface area contributed by atoms with Crippen molar-refractivity contribution in [2.24, 2.45) is 0 Å². The van der Waals surface area contributed by atoms with Gasteiger partial charge in [0.2, 0.25) is 0 Å². The molecule has 0 unspecified atom stereocenters. The van der Waals surface area contributed by atoms with Crippen LogP contribution in [-0.4, -0.2) is 19.9 Å². The smallest absolute Gasteiger partial charge is 0.160 e. The molecule has 0 spiro atoms. The molecule has 4 heteroatoms. The van der Waals surface area contributed by atoms with Gasteiger partial charge in [0.25, 0.3) is 0 Å². The number of aryl methyl sites for hydroxylation is 1. The van der Waals surface area contributed by atoms with Gasteiger partial charge in [-0.1, -0.05) is 178 Å². The van der Waals surface area contributed by atoms with E-state index in [1.54, 1.807) is 0 Å². The van der Waals surface area contributed by atoms with Crippen LogP contribution in [0.3, 0.4) is 0 Å². The molecule has 2 heterocycles. The van der Waals surface area contributed by atoms with Gasteiger partial charge in [-0.15, -0.1) is 0 Å². The summed E-state index contributed by atoms with van der Waals surface area (Å²) in [5, 5.41) is 0. The van der Waals surface area contributed by atoms with Gasteiger partial charge in [-0.2, -0.15) is 0 Å². The van der Waals surface area contributed by atoms with E-state index in [2.05, 4.69) is 191 Å². The molecule has 0 N–H and O–H groups in total. The molecule has 0 saturated heterocycles. The summed E-state index contributed by atoms with van der Waals surface area (Å²) in [6.07, 6.45) is 8.77. The van der Waals surface area contributed by atoms with Crippen molar-refractivity contribution in [3.63, 3.8) is 0 Å². The van der Waals surface area contributed by atoms with Gasteiger partial charge in [0, 0.05) is 38.8 Å². The zero-order chi connectivity index (χ0) is 39.2. The molecule has 4 nitrogen and oxygen atoms in total. The van der Waals surface area contributed by atoms with E-state index in [9.17, 15) is 0 Å². The number of fused-ring (bicyclic) bond motifs is 3. The third kappa shape index (κ3) is 6.18. The van der Waals surface area contributed by atoms with Crippen molar-refractivity contribution >= 4 is 5.57 Å². The molecular formula is C54H42N4. The van der Waals surface area contributed by atoms with Crippen LogP contribution in [0.25, 0.3) is 84.4 Å². The first-order chi connectivity index (χ1) is 28.4. The van der Waals surface area contributed by atoms with Gasteiger partial charge in [0.15, 0.2) is 5.82 Å². The first kappa shape index (κ1) is 35.4. The lowest BCUT2D eigenvalue weighted by Crippen LogP contribution is -2.14. The minimum Gasteiger partial charge on any atom is -0.243 e. The quantitative estimate of drug-likeness (QED) is 0.163. The summed E-state index contributed by atoms with van der Waals surface area (Å²) in [6.45, 7) is 6.79. The fourth-order valence-corrected chi connectivity index (χ4v) is 8.70. The van der Waals surface area contributed by atoms with Crippen LogP contribution >= 0.6 is 0 Å². The van der Waals surface area contributed by atoms with Gasteiger partial charge in [-0.25, -0.2) is 19.9 Å². The molecule has 0 radical (unpaired) electrons. The Morgan fingerprint density at radius 3 is 1.83 bits per heavy atom. The van der Waals surface area contributed by atoms with Crippen LogP contribution in [0.15, 0.2) is 176 Å². The van der Waals surface area contributed by atoms with E-state index in [0.717, 1.165) is 91.5 Å². The van der Waals surface area contributed by atoms with Crippen LogP contribution in [0.1, 0.15) is 49.1 Å². The molecule has 0 saturated carbocycles. The topological polar surface area (TPSA) is 51.6 Å². The largest absolute Gasteiger partial charge is 0.243 e. The van der Waals surface area contributed by atoms with E-state index in [1.807, 2.05) is 6.07 Å². The molecule has 10 rings (SSSR count). The van der Waals surface area contributed by atoms with E-state index < -0.39 is 0 Å². The Bertz CT molecular complexity index is 2920. The molecule has 6 aromatic carbocycles. The summed E-state index contributed by atoms with van der Waals surface area (Å²) < 4.78 is 0. The van der Waals surface area contributed by atoms with Gasteiger partial charge in [0.1, 0.15) is 0 Å². The molecule has 0 amide bonds. The second kappa shape index (κ2) is 14.5. The number of hydrogen-bond donors (Lipinski definition) is 0. The van der Waals surface area contributed by atoms with Crippen molar-refractivity contribution in [1.82, 2.24) is 19.9 Å². The highest BCUT2D eigenvalue weighted by Gasteiger charge is 2.37. The minimum absolute atomic E-state index is 0.147. The molecular weight excluding hydrogens is 705 g/mol. The Hall–Kier alpha value is -7.04.